The van der Waals surface area contributed by atoms with Gasteiger partial charge in [0.2, 0.25) is 5.65 Å². The van der Waals surface area contributed by atoms with Crippen LogP contribution in [0.2, 0.25) is 0 Å². The molecule has 0 aliphatic heterocycles. The van der Waals surface area contributed by atoms with Gasteiger partial charge in [-0.25, -0.2) is 0 Å². The Morgan fingerprint density at radius 3 is 2.76 bits per heavy atom. The first kappa shape index (κ1) is 20.8. The van der Waals surface area contributed by atoms with Gasteiger partial charge in [0.05, 0.1) is 25.7 Å². The average molecular weight is 462 g/mol. The van der Waals surface area contributed by atoms with Crippen molar-refractivity contribution in [1.29, 1.82) is 0 Å². The van der Waals surface area contributed by atoms with Gasteiger partial charge in [0, 0.05) is 35.1 Å². The molecule has 0 bridgehead atoms. The molecule has 10 heteroatoms. The van der Waals surface area contributed by atoms with E-state index in [4.69, 9.17) is 9.47 Å². The molecule has 33 heavy (non-hydrogen) atoms. The Hall–Kier alpha value is -4.05. The first-order valence-electron chi connectivity index (χ1n) is 10.0. The number of ether oxygens (including phenoxy) is 2. The number of ketones is 1. The number of benzene rings is 2. The molecular weight excluding hydrogens is 442 g/mol. The van der Waals surface area contributed by atoms with Crippen molar-refractivity contribution in [1.82, 2.24) is 24.1 Å². The van der Waals surface area contributed by atoms with Gasteiger partial charge < -0.3 is 14.5 Å². The molecule has 2 aromatic carbocycles. The monoisotopic (exact) mass is 461 g/mol. The molecular formula is C23H19N5O4S. The Morgan fingerprint density at radius 1 is 1.09 bits per heavy atom. The first-order chi connectivity index (χ1) is 16.1. The van der Waals surface area contributed by atoms with Crippen molar-refractivity contribution >= 4 is 34.1 Å². The van der Waals surface area contributed by atoms with Gasteiger partial charge in [0.25, 0.3) is 0 Å². The van der Waals surface area contributed by atoms with Crippen LogP contribution >= 0.6 is 11.8 Å². The van der Waals surface area contributed by atoms with E-state index in [1.54, 1.807) is 49.3 Å². The molecule has 5 aromatic rings. The number of H-pyrrole nitrogens is 1. The topological polar surface area (TPSA) is 104 Å². The summed E-state index contributed by atoms with van der Waals surface area (Å²) in [6.45, 7) is 0. The van der Waals surface area contributed by atoms with E-state index in [1.807, 2.05) is 30.3 Å². The van der Waals surface area contributed by atoms with Crippen molar-refractivity contribution in [2.24, 2.45) is 0 Å². The van der Waals surface area contributed by atoms with E-state index in [2.05, 4.69) is 15.2 Å². The van der Waals surface area contributed by atoms with Crippen LogP contribution < -0.4 is 15.0 Å². The Morgan fingerprint density at radius 2 is 1.94 bits per heavy atom. The van der Waals surface area contributed by atoms with Crippen LogP contribution in [-0.2, 0) is 0 Å². The number of methoxy groups -OCH3 is 2. The van der Waals surface area contributed by atoms with Crippen LogP contribution in [0.1, 0.15) is 10.4 Å². The van der Waals surface area contributed by atoms with E-state index >= 15 is 0 Å². The normalized spacial score (nSPS) is 11.2. The van der Waals surface area contributed by atoms with Gasteiger partial charge in [-0.2, -0.15) is 0 Å². The van der Waals surface area contributed by atoms with Crippen LogP contribution in [0.5, 0.6) is 11.5 Å². The molecule has 0 radical (unpaired) electrons. The third-order valence-corrected chi connectivity index (χ3v) is 6.25. The maximum absolute atomic E-state index is 13.0. The average Bonchev–Trinajstić information content (AvgIpc) is 3.47. The van der Waals surface area contributed by atoms with E-state index in [0.717, 1.165) is 10.9 Å². The second-order valence-corrected chi connectivity index (χ2v) is 8.09. The Bertz CT molecular complexity index is 1550. The number of carbonyl (C=O) groups is 1. The van der Waals surface area contributed by atoms with Crippen LogP contribution in [0.15, 0.2) is 71.0 Å². The van der Waals surface area contributed by atoms with Crippen LogP contribution in [0.25, 0.3) is 22.2 Å². The minimum absolute atomic E-state index is 0.0707. The number of nitrogens with one attached hydrogen (secondary N) is 1. The number of aromatic amines is 1. The standard InChI is InChI=1S/C23H19N5O4S/c1-31-14-7-8-17-15(11-14)16(12-24-17)19(29)13-33-23-26-25-21-22(30)27(9-10-28(21)23)18-5-3-4-6-20(18)32-2/h3-12,24H,13H2,1-2H3. The fourth-order valence-electron chi connectivity index (χ4n) is 3.65. The van der Waals surface area contributed by atoms with Gasteiger partial charge in [-0.05, 0) is 30.3 Å². The number of rotatable bonds is 7. The molecule has 0 atom stereocenters. The summed E-state index contributed by atoms with van der Waals surface area (Å²) in [5.41, 5.74) is 1.86. The summed E-state index contributed by atoms with van der Waals surface area (Å²) >= 11 is 1.22. The number of para-hydroxylation sites is 2. The molecule has 0 saturated heterocycles. The first-order valence-corrected chi connectivity index (χ1v) is 11.0. The number of fused-ring (bicyclic) bond motifs is 2. The highest BCUT2D eigenvalue weighted by molar-refractivity contribution is 7.99. The highest BCUT2D eigenvalue weighted by Gasteiger charge is 2.17. The summed E-state index contributed by atoms with van der Waals surface area (Å²) in [6, 6.07) is 12.8. The van der Waals surface area contributed by atoms with Crippen molar-refractivity contribution in [2.75, 3.05) is 20.0 Å². The smallest absolute Gasteiger partial charge is 0.300 e. The summed E-state index contributed by atoms with van der Waals surface area (Å²) < 4.78 is 13.7. The molecule has 1 N–H and O–H groups in total. The zero-order valence-electron chi connectivity index (χ0n) is 17.8. The molecule has 3 aromatic heterocycles. The summed E-state index contributed by atoms with van der Waals surface area (Å²) in [5, 5.41) is 9.44. The second-order valence-electron chi connectivity index (χ2n) is 7.15. The number of Topliss-reactive ketones (excluding diaryl/α,β-unsaturated/α-hetero) is 1. The third-order valence-electron chi connectivity index (χ3n) is 5.31. The lowest BCUT2D eigenvalue weighted by atomic mass is 10.1. The zero-order chi connectivity index (χ0) is 22.9. The molecule has 9 nitrogen and oxygen atoms in total. The number of thioether (sulfide) groups is 1. The van der Waals surface area contributed by atoms with Gasteiger partial charge in [0.1, 0.15) is 11.5 Å². The number of aromatic nitrogens is 5. The molecule has 5 rings (SSSR count). The summed E-state index contributed by atoms with van der Waals surface area (Å²) in [6.07, 6.45) is 5.03. The van der Waals surface area contributed by atoms with Gasteiger partial charge in [-0.1, -0.05) is 23.9 Å². The SMILES string of the molecule is COc1ccc2[nH]cc(C(=O)CSc3nnc4c(=O)n(-c5ccccc5OC)ccn34)c2c1. The number of hydrogen-bond donors (Lipinski definition) is 1. The van der Waals surface area contributed by atoms with Gasteiger partial charge in [0.15, 0.2) is 10.9 Å². The molecule has 0 saturated carbocycles. The predicted octanol–water partition coefficient (Wildman–Crippen LogP) is 3.35. The van der Waals surface area contributed by atoms with Crippen molar-refractivity contribution in [3.05, 3.63) is 77.0 Å². The van der Waals surface area contributed by atoms with Crippen molar-refractivity contribution in [3.8, 4) is 17.2 Å². The molecule has 0 aliphatic rings. The minimum Gasteiger partial charge on any atom is -0.497 e. The van der Waals surface area contributed by atoms with E-state index in [-0.39, 0.29) is 22.7 Å². The Kier molecular flexibility index (Phi) is 5.35. The van der Waals surface area contributed by atoms with Gasteiger partial charge >= 0.3 is 5.56 Å². The quantitative estimate of drug-likeness (QED) is 0.293. The third kappa shape index (κ3) is 3.64. The van der Waals surface area contributed by atoms with Crippen LogP contribution in [0, 0.1) is 0 Å². The minimum atomic E-state index is -0.337. The largest absolute Gasteiger partial charge is 0.497 e. The van der Waals surface area contributed by atoms with E-state index in [0.29, 0.717) is 27.9 Å². The molecule has 0 aliphatic carbocycles. The van der Waals surface area contributed by atoms with Gasteiger partial charge in [-0.15, -0.1) is 10.2 Å². The number of hydrogen-bond acceptors (Lipinski definition) is 7. The maximum atomic E-state index is 13.0. The second kappa shape index (κ2) is 8.47. The summed E-state index contributed by atoms with van der Waals surface area (Å²) in [5.74, 6) is 1.32. The lowest BCUT2D eigenvalue weighted by Crippen LogP contribution is -2.20. The number of carbonyl (C=O) groups excluding carboxylic acids is 1. The molecule has 3 heterocycles. The van der Waals surface area contributed by atoms with Gasteiger partial charge in [-0.3, -0.25) is 18.6 Å². The molecule has 166 valence electrons. The molecule has 0 unspecified atom stereocenters. The van der Waals surface area contributed by atoms with Crippen molar-refractivity contribution in [2.45, 2.75) is 5.16 Å². The van der Waals surface area contributed by atoms with Crippen LogP contribution in [0.4, 0.5) is 0 Å². The summed E-state index contributed by atoms with van der Waals surface area (Å²) in [7, 11) is 3.14. The Labute approximate surface area is 192 Å². The predicted molar refractivity (Wildman–Crippen MR) is 125 cm³/mol. The van der Waals surface area contributed by atoms with E-state index in [9.17, 15) is 9.59 Å². The van der Waals surface area contributed by atoms with E-state index in [1.165, 1.54) is 16.3 Å². The lowest BCUT2D eigenvalue weighted by Gasteiger charge is -2.10. The number of nitrogens with zero attached hydrogens (tertiary/aromatic N) is 4. The Balaban J connectivity index is 1.42. The maximum Gasteiger partial charge on any atom is 0.300 e. The zero-order valence-corrected chi connectivity index (χ0v) is 18.6. The van der Waals surface area contributed by atoms with Crippen molar-refractivity contribution < 1.29 is 14.3 Å². The van der Waals surface area contributed by atoms with Crippen molar-refractivity contribution in [3.63, 3.8) is 0 Å². The highest BCUT2D eigenvalue weighted by Crippen LogP contribution is 2.26. The highest BCUT2D eigenvalue weighted by atomic mass is 32.2. The summed E-state index contributed by atoms with van der Waals surface area (Å²) in [4.78, 5) is 29.1. The lowest BCUT2D eigenvalue weighted by molar-refractivity contribution is 0.102. The molecule has 0 amide bonds. The van der Waals surface area contributed by atoms with Crippen LogP contribution in [-0.4, -0.2) is 49.9 Å². The molecule has 0 fully saturated rings. The fourth-order valence-corrected chi connectivity index (χ4v) is 4.45. The van der Waals surface area contributed by atoms with Crippen LogP contribution in [0.3, 0.4) is 0 Å². The van der Waals surface area contributed by atoms with E-state index < -0.39 is 0 Å². The fraction of sp³-hybridized carbons (Fsp3) is 0.130. The molecule has 0 spiro atoms.